The second-order valence-electron chi connectivity index (χ2n) is 6.40. The Labute approximate surface area is 132 Å². The summed E-state index contributed by atoms with van der Waals surface area (Å²) in [6, 6.07) is 6.45. The van der Waals surface area contributed by atoms with Gasteiger partial charge in [0.05, 0.1) is 18.4 Å². The lowest BCUT2D eigenvalue weighted by atomic mass is 10.0. The molecule has 5 nitrogen and oxygen atoms in total. The quantitative estimate of drug-likeness (QED) is 0.798. The predicted octanol–water partition coefficient (Wildman–Crippen LogP) is 2.49. The molecular weight excluding hydrogens is 302 g/mol. The van der Waals surface area contributed by atoms with Crippen molar-refractivity contribution in [1.82, 2.24) is 4.31 Å². The molecule has 122 valence electrons. The highest BCUT2D eigenvalue weighted by Gasteiger charge is 2.47. The van der Waals surface area contributed by atoms with E-state index in [0.717, 1.165) is 12.0 Å². The molecule has 0 aliphatic carbocycles. The van der Waals surface area contributed by atoms with E-state index in [-0.39, 0.29) is 23.3 Å². The van der Waals surface area contributed by atoms with Gasteiger partial charge in [-0.25, -0.2) is 8.42 Å². The average molecular weight is 325 g/mol. The van der Waals surface area contributed by atoms with Gasteiger partial charge in [-0.1, -0.05) is 17.7 Å². The number of hydrogen-bond acceptors (Lipinski definition) is 4. The van der Waals surface area contributed by atoms with Crippen molar-refractivity contribution in [3.05, 3.63) is 29.8 Å². The molecule has 0 aromatic heterocycles. The van der Waals surface area contributed by atoms with Gasteiger partial charge in [-0.2, -0.15) is 4.31 Å². The molecule has 1 heterocycles. The van der Waals surface area contributed by atoms with Crippen LogP contribution in [0.25, 0.3) is 0 Å². The minimum atomic E-state index is -3.64. The first-order valence-electron chi connectivity index (χ1n) is 7.36. The number of benzene rings is 1. The summed E-state index contributed by atoms with van der Waals surface area (Å²) in [7, 11) is -2.32. The minimum Gasteiger partial charge on any atom is -0.469 e. The Balaban J connectivity index is 2.40. The Bertz CT molecular complexity index is 649. The van der Waals surface area contributed by atoms with E-state index in [1.165, 1.54) is 11.4 Å². The van der Waals surface area contributed by atoms with E-state index in [0.29, 0.717) is 6.42 Å². The summed E-state index contributed by atoms with van der Waals surface area (Å²) >= 11 is 0. The number of ether oxygens (including phenoxy) is 1. The van der Waals surface area contributed by atoms with Crippen LogP contribution < -0.4 is 0 Å². The van der Waals surface area contributed by atoms with Crippen LogP contribution in [0.15, 0.2) is 29.2 Å². The van der Waals surface area contributed by atoms with Gasteiger partial charge in [-0.05, 0) is 45.7 Å². The Kier molecular flexibility index (Phi) is 4.63. The van der Waals surface area contributed by atoms with E-state index in [1.54, 1.807) is 24.3 Å². The standard InChI is InChI=1S/C16H23NO4S/c1-12-5-7-14(8-6-12)22(19,20)17-13(11-15(18)21-4)9-10-16(17,2)3/h5-8,13H,9-11H2,1-4H3. The molecule has 1 aromatic carbocycles. The van der Waals surface area contributed by atoms with Gasteiger partial charge in [-0.15, -0.1) is 0 Å². The zero-order valence-corrected chi connectivity index (χ0v) is 14.3. The molecule has 0 bridgehead atoms. The van der Waals surface area contributed by atoms with Crippen LogP contribution in [0, 0.1) is 6.92 Å². The average Bonchev–Trinajstić information content (AvgIpc) is 2.74. The molecule has 1 fully saturated rings. The molecule has 1 aliphatic heterocycles. The van der Waals surface area contributed by atoms with Crippen LogP contribution in [-0.4, -0.2) is 37.4 Å². The molecule has 1 aromatic rings. The maximum atomic E-state index is 13.0. The number of nitrogens with zero attached hydrogens (tertiary/aromatic N) is 1. The fraction of sp³-hybridized carbons (Fsp3) is 0.562. The number of rotatable bonds is 4. The Morgan fingerprint density at radius 3 is 2.45 bits per heavy atom. The SMILES string of the molecule is COC(=O)CC1CCC(C)(C)N1S(=O)(=O)c1ccc(C)cc1. The fourth-order valence-corrected chi connectivity index (χ4v) is 5.07. The topological polar surface area (TPSA) is 63.7 Å². The summed E-state index contributed by atoms with van der Waals surface area (Å²) in [6.07, 6.45) is 1.47. The van der Waals surface area contributed by atoms with Gasteiger partial charge in [0.1, 0.15) is 0 Å². The van der Waals surface area contributed by atoms with Gasteiger partial charge in [0.25, 0.3) is 0 Å². The number of hydrogen-bond donors (Lipinski definition) is 0. The fourth-order valence-electron chi connectivity index (χ4n) is 3.05. The number of carbonyl (C=O) groups excluding carboxylic acids is 1. The molecule has 0 amide bonds. The molecular formula is C16H23NO4S. The van der Waals surface area contributed by atoms with Crippen LogP contribution in [0.1, 0.15) is 38.7 Å². The lowest BCUT2D eigenvalue weighted by molar-refractivity contribution is -0.141. The molecule has 2 rings (SSSR count). The van der Waals surface area contributed by atoms with Gasteiger partial charge >= 0.3 is 5.97 Å². The minimum absolute atomic E-state index is 0.0883. The first-order chi connectivity index (χ1) is 10.2. The third-order valence-electron chi connectivity index (χ3n) is 4.23. The molecule has 1 saturated heterocycles. The van der Waals surface area contributed by atoms with Crippen molar-refractivity contribution in [2.75, 3.05) is 7.11 Å². The Morgan fingerprint density at radius 1 is 1.32 bits per heavy atom. The monoisotopic (exact) mass is 325 g/mol. The lowest BCUT2D eigenvalue weighted by Crippen LogP contribution is -2.47. The highest BCUT2D eigenvalue weighted by atomic mass is 32.2. The summed E-state index contributed by atoms with van der Waals surface area (Å²) in [5, 5.41) is 0. The van der Waals surface area contributed by atoms with E-state index in [4.69, 9.17) is 4.74 Å². The van der Waals surface area contributed by atoms with E-state index in [1.807, 2.05) is 20.8 Å². The van der Waals surface area contributed by atoms with E-state index in [2.05, 4.69) is 0 Å². The second kappa shape index (κ2) is 6.01. The number of methoxy groups -OCH3 is 1. The summed E-state index contributed by atoms with van der Waals surface area (Å²) < 4.78 is 32.2. The first kappa shape index (κ1) is 17.0. The molecule has 0 N–H and O–H groups in total. The largest absolute Gasteiger partial charge is 0.469 e. The Morgan fingerprint density at radius 2 is 1.91 bits per heavy atom. The Hall–Kier alpha value is -1.40. The maximum Gasteiger partial charge on any atom is 0.307 e. The number of esters is 1. The van der Waals surface area contributed by atoms with Crippen LogP contribution in [0.3, 0.4) is 0 Å². The molecule has 1 atom stereocenters. The van der Waals surface area contributed by atoms with Crippen molar-refractivity contribution >= 4 is 16.0 Å². The zero-order valence-electron chi connectivity index (χ0n) is 13.5. The van der Waals surface area contributed by atoms with Gasteiger partial charge in [-0.3, -0.25) is 4.79 Å². The molecule has 1 aliphatic rings. The van der Waals surface area contributed by atoms with E-state index < -0.39 is 15.6 Å². The van der Waals surface area contributed by atoms with Gasteiger partial charge in [0.15, 0.2) is 0 Å². The van der Waals surface area contributed by atoms with Crippen molar-refractivity contribution in [2.24, 2.45) is 0 Å². The van der Waals surface area contributed by atoms with Crippen molar-refractivity contribution in [1.29, 1.82) is 0 Å². The lowest BCUT2D eigenvalue weighted by Gasteiger charge is -2.34. The second-order valence-corrected chi connectivity index (χ2v) is 8.21. The van der Waals surface area contributed by atoms with Crippen molar-refractivity contribution in [3.63, 3.8) is 0 Å². The number of aryl methyl sites for hydroxylation is 1. The van der Waals surface area contributed by atoms with E-state index >= 15 is 0 Å². The third-order valence-corrected chi connectivity index (χ3v) is 6.40. The van der Waals surface area contributed by atoms with Crippen LogP contribution in [0.5, 0.6) is 0 Å². The van der Waals surface area contributed by atoms with Crippen LogP contribution in [0.4, 0.5) is 0 Å². The third kappa shape index (κ3) is 3.17. The zero-order chi connectivity index (χ0) is 16.5. The predicted molar refractivity (Wildman–Crippen MR) is 83.9 cm³/mol. The van der Waals surface area contributed by atoms with Crippen molar-refractivity contribution in [3.8, 4) is 0 Å². The van der Waals surface area contributed by atoms with Crippen LogP contribution >= 0.6 is 0 Å². The molecule has 0 spiro atoms. The molecule has 1 unspecified atom stereocenters. The molecule has 22 heavy (non-hydrogen) atoms. The van der Waals surface area contributed by atoms with Gasteiger partial charge < -0.3 is 4.74 Å². The maximum absolute atomic E-state index is 13.0. The number of carbonyl (C=O) groups is 1. The van der Waals surface area contributed by atoms with Crippen molar-refractivity contribution < 1.29 is 17.9 Å². The normalized spacial score (nSPS) is 21.7. The molecule has 6 heteroatoms. The van der Waals surface area contributed by atoms with E-state index in [9.17, 15) is 13.2 Å². The number of sulfonamides is 1. The van der Waals surface area contributed by atoms with Crippen LogP contribution in [0.2, 0.25) is 0 Å². The van der Waals surface area contributed by atoms with Crippen molar-refractivity contribution in [2.45, 2.75) is 56.5 Å². The van der Waals surface area contributed by atoms with Gasteiger partial charge in [0, 0.05) is 11.6 Å². The molecule has 0 radical (unpaired) electrons. The van der Waals surface area contributed by atoms with Gasteiger partial charge in [0.2, 0.25) is 10.0 Å². The smallest absolute Gasteiger partial charge is 0.307 e. The highest BCUT2D eigenvalue weighted by Crippen LogP contribution is 2.39. The molecule has 0 saturated carbocycles. The highest BCUT2D eigenvalue weighted by molar-refractivity contribution is 7.89. The summed E-state index contributed by atoms with van der Waals surface area (Å²) in [5.74, 6) is -0.383. The first-order valence-corrected chi connectivity index (χ1v) is 8.80. The summed E-state index contributed by atoms with van der Waals surface area (Å²) in [4.78, 5) is 11.9. The van der Waals surface area contributed by atoms with Crippen LogP contribution in [-0.2, 0) is 19.6 Å². The summed E-state index contributed by atoms with van der Waals surface area (Å²) in [6.45, 7) is 5.71. The summed E-state index contributed by atoms with van der Waals surface area (Å²) in [5.41, 5.74) is 0.494.